The van der Waals surface area contributed by atoms with Gasteiger partial charge in [0.1, 0.15) is 0 Å². The van der Waals surface area contributed by atoms with Gasteiger partial charge in [-0.15, -0.1) is 22.3 Å². The zero-order valence-corrected chi connectivity index (χ0v) is 31.2. The Balaban J connectivity index is 0.000000280. The first-order chi connectivity index (χ1) is 19.9. The number of halogens is 2. The molecule has 0 unspecified atom stereocenters. The van der Waals surface area contributed by atoms with Crippen molar-refractivity contribution in [2.24, 2.45) is 0 Å². The zero-order valence-electron chi connectivity index (χ0n) is 27.3. The monoisotopic (exact) mass is 695 g/mol. The summed E-state index contributed by atoms with van der Waals surface area (Å²) in [6.45, 7) is 18.5. The van der Waals surface area contributed by atoms with E-state index in [1.54, 1.807) is 0 Å². The predicted octanol–water partition coefficient (Wildman–Crippen LogP) is 4.29. The molecule has 0 aromatic heterocycles. The Morgan fingerprint density at radius 2 is 1.25 bits per heavy atom. The van der Waals surface area contributed by atoms with Crippen molar-refractivity contribution in [1.29, 1.82) is 0 Å². The number of rotatable bonds is 3. The predicted molar refractivity (Wildman–Crippen MR) is 178 cm³/mol. The van der Waals surface area contributed by atoms with Crippen LogP contribution in [0.4, 0.5) is 0 Å². The van der Waals surface area contributed by atoms with E-state index in [-0.39, 0.29) is 35.6 Å². The molecule has 0 saturated heterocycles. The van der Waals surface area contributed by atoms with E-state index in [1.807, 2.05) is 0 Å². The van der Waals surface area contributed by atoms with Crippen molar-refractivity contribution in [3.8, 4) is 11.1 Å². The molecule has 3 heteroatoms. The molecular weight excluding hydrogens is 655 g/mol. The first-order valence-electron chi connectivity index (χ1n) is 15.1. The first kappa shape index (κ1) is 36.2. The van der Waals surface area contributed by atoms with Crippen molar-refractivity contribution < 1.29 is 49.0 Å². The minimum absolute atomic E-state index is 0. The summed E-state index contributed by atoms with van der Waals surface area (Å²) >= 11 is 1.46. The fraction of sp³-hybridized carbons (Fsp3) is 0.293. The summed E-state index contributed by atoms with van der Waals surface area (Å²) in [7, 11) is 0. The van der Waals surface area contributed by atoms with Gasteiger partial charge < -0.3 is 24.8 Å². The third kappa shape index (κ3) is 7.55. The van der Waals surface area contributed by atoms with Crippen LogP contribution in [-0.2, 0) is 41.5 Å². The summed E-state index contributed by atoms with van der Waals surface area (Å²) in [6.07, 6.45) is 10.0. The molecular formula is C41H43Cl2Zr-. The van der Waals surface area contributed by atoms with Crippen molar-refractivity contribution in [3.63, 3.8) is 0 Å². The van der Waals surface area contributed by atoms with Gasteiger partial charge in [0.25, 0.3) is 0 Å². The van der Waals surface area contributed by atoms with E-state index in [1.165, 1.54) is 88.6 Å². The normalized spacial score (nSPS) is 13.3. The van der Waals surface area contributed by atoms with Crippen LogP contribution in [0.5, 0.6) is 0 Å². The van der Waals surface area contributed by atoms with Crippen LogP contribution in [0.2, 0.25) is 0 Å². The van der Waals surface area contributed by atoms with E-state index in [2.05, 4.69) is 159 Å². The Kier molecular flexibility index (Phi) is 11.8. The minimum atomic E-state index is 0. The maximum absolute atomic E-state index is 3.92. The van der Waals surface area contributed by atoms with Crippen LogP contribution in [0.25, 0.3) is 11.1 Å². The van der Waals surface area contributed by atoms with Gasteiger partial charge in [-0.2, -0.15) is 11.6 Å². The molecule has 0 heterocycles. The number of hydrogen-bond acceptors (Lipinski definition) is 0. The third-order valence-electron chi connectivity index (χ3n) is 8.48. The van der Waals surface area contributed by atoms with Crippen LogP contribution >= 0.6 is 0 Å². The average molecular weight is 698 g/mol. The Bertz CT molecular complexity index is 1630. The van der Waals surface area contributed by atoms with Gasteiger partial charge in [-0.1, -0.05) is 96.0 Å². The zero-order chi connectivity index (χ0) is 30.2. The Morgan fingerprint density at radius 1 is 0.727 bits per heavy atom. The number of fused-ring (bicyclic) bond motifs is 3. The third-order valence-corrected chi connectivity index (χ3v) is 9.90. The Labute approximate surface area is 293 Å². The number of benzene rings is 4. The quantitative estimate of drug-likeness (QED) is 0.247. The second-order valence-electron chi connectivity index (χ2n) is 13.8. The standard InChI is InChI=1S/C28H33.C13H10.2ClH.Zr/c1-17-13-22(27(3,4)5)15-20-14-21-16-23(28(6,7)8)25(19-11-9-10-12-19)18(2)26(21)24(17)20;1-3-7-12(8-4-1)11-13-9-5-2-6-10-13;;;/h9-13,15,19H,14H2,1-8H3;1-10H;2*1H;/q-1;;;;+2/p-2. The molecule has 0 aliphatic heterocycles. The van der Waals surface area contributed by atoms with E-state index in [4.69, 9.17) is 0 Å². The number of allylic oxidation sites excluding steroid dienone is 4. The van der Waals surface area contributed by atoms with E-state index in [0.29, 0.717) is 5.92 Å². The Hall–Kier alpha value is -2.31. The summed E-state index contributed by atoms with van der Waals surface area (Å²) in [6, 6.07) is 29.9. The van der Waals surface area contributed by atoms with Crippen molar-refractivity contribution >= 4 is 3.21 Å². The second kappa shape index (κ2) is 14.4. The van der Waals surface area contributed by atoms with Crippen LogP contribution in [0, 0.1) is 19.9 Å². The van der Waals surface area contributed by atoms with Gasteiger partial charge in [0.2, 0.25) is 0 Å². The molecule has 4 aromatic rings. The molecule has 226 valence electrons. The summed E-state index contributed by atoms with van der Waals surface area (Å²) in [5, 5.41) is 0. The van der Waals surface area contributed by atoms with Crippen LogP contribution in [0.3, 0.4) is 0 Å². The summed E-state index contributed by atoms with van der Waals surface area (Å²) in [5.41, 5.74) is 15.8. The molecule has 0 nitrogen and oxygen atoms in total. The average Bonchev–Trinajstić information content (AvgIpc) is 3.61. The molecule has 0 amide bonds. The SMILES string of the molecule is Cc1cc(C(C)(C)C)cc2c1-c1c([c-]c(C(C)(C)C)c(C3C=CC=C3)c1C)C2.[Cl-].[Cl-].[Zr+2]=[C](c1ccccc1)c1ccccc1. The molecule has 0 saturated carbocycles. The van der Waals surface area contributed by atoms with Gasteiger partial charge in [-0.3, -0.25) is 0 Å². The van der Waals surface area contributed by atoms with Gasteiger partial charge in [-0.25, -0.2) is 0 Å². The molecule has 0 radical (unpaired) electrons. The van der Waals surface area contributed by atoms with E-state index < -0.39 is 0 Å². The van der Waals surface area contributed by atoms with Crippen LogP contribution in [0.15, 0.2) is 97.1 Å². The molecule has 4 aromatic carbocycles. The summed E-state index contributed by atoms with van der Waals surface area (Å²) in [4.78, 5) is 0. The van der Waals surface area contributed by atoms with Crippen molar-refractivity contribution in [1.82, 2.24) is 0 Å². The van der Waals surface area contributed by atoms with Crippen LogP contribution in [0.1, 0.15) is 97.5 Å². The van der Waals surface area contributed by atoms with Crippen molar-refractivity contribution in [2.45, 2.75) is 78.6 Å². The van der Waals surface area contributed by atoms with E-state index in [9.17, 15) is 0 Å². The Morgan fingerprint density at radius 3 is 1.73 bits per heavy atom. The molecule has 0 atom stereocenters. The van der Waals surface area contributed by atoms with E-state index >= 15 is 0 Å². The van der Waals surface area contributed by atoms with Gasteiger partial charge in [0.05, 0.1) is 0 Å². The van der Waals surface area contributed by atoms with Gasteiger partial charge in [0.15, 0.2) is 0 Å². The maximum atomic E-state index is 3.92. The van der Waals surface area contributed by atoms with Crippen molar-refractivity contribution in [2.75, 3.05) is 0 Å². The van der Waals surface area contributed by atoms with Gasteiger partial charge in [-0.05, 0) is 41.2 Å². The molecule has 0 spiro atoms. The first-order valence-corrected chi connectivity index (χ1v) is 16.4. The number of hydrogen-bond donors (Lipinski definition) is 0. The molecule has 0 N–H and O–H groups in total. The van der Waals surface area contributed by atoms with Gasteiger partial charge in [0, 0.05) is 0 Å². The number of aryl methyl sites for hydroxylation is 1. The topological polar surface area (TPSA) is 0 Å². The summed E-state index contributed by atoms with van der Waals surface area (Å²) in [5.74, 6) is 0.369. The fourth-order valence-electron chi connectivity index (χ4n) is 6.29. The molecule has 2 aliphatic rings. The van der Waals surface area contributed by atoms with Crippen LogP contribution in [-0.4, -0.2) is 3.21 Å². The molecule has 0 fully saturated rings. The molecule has 44 heavy (non-hydrogen) atoms. The van der Waals surface area contributed by atoms with Gasteiger partial charge >= 0.3 is 99.2 Å². The van der Waals surface area contributed by atoms with Crippen molar-refractivity contribution in [3.05, 3.63) is 153 Å². The summed E-state index contributed by atoms with van der Waals surface area (Å²) < 4.78 is 1.42. The van der Waals surface area contributed by atoms with E-state index in [0.717, 1.165) is 6.42 Å². The van der Waals surface area contributed by atoms with Crippen LogP contribution < -0.4 is 24.8 Å². The molecule has 6 rings (SSSR count). The molecule has 2 aliphatic carbocycles. The second-order valence-corrected chi connectivity index (χ2v) is 15.0. The fourth-order valence-corrected chi connectivity index (χ4v) is 7.11. The molecule has 0 bridgehead atoms.